The van der Waals surface area contributed by atoms with Crippen LogP contribution in [0.3, 0.4) is 0 Å². The van der Waals surface area contributed by atoms with E-state index in [1.54, 1.807) is 4.90 Å². The van der Waals surface area contributed by atoms with E-state index in [0.29, 0.717) is 0 Å². The van der Waals surface area contributed by atoms with Gasteiger partial charge in [0.05, 0.1) is 19.6 Å². The number of quaternary nitrogens is 1. The van der Waals surface area contributed by atoms with Gasteiger partial charge in [-0.15, -0.1) is 0 Å². The zero-order valence-electron chi connectivity index (χ0n) is 7.62. The summed E-state index contributed by atoms with van der Waals surface area (Å²) in [5, 5.41) is 0. The highest BCUT2D eigenvalue weighted by molar-refractivity contribution is 4.11. The molecule has 1 nitrogen and oxygen atoms in total. The van der Waals surface area contributed by atoms with E-state index in [1.807, 2.05) is 13.8 Å². The van der Waals surface area contributed by atoms with Gasteiger partial charge in [0.2, 0.25) is 0 Å². The Hall–Kier alpha value is -0.0400. The molecular formula is C8H22N+. The summed E-state index contributed by atoms with van der Waals surface area (Å²) < 4.78 is 0. The third-order valence-corrected chi connectivity index (χ3v) is 1.50. The second-order valence-corrected chi connectivity index (χ2v) is 1.81. The van der Waals surface area contributed by atoms with Crippen LogP contribution in [0.5, 0.6) is 0 Å². The summed E-state index contributed by atoms with van der Waals surface area (Å²) in [5.74, 6) is 0. The molecule has 0 unspecified atom stereocenters. The Bertz CT molecular complexity index is 26.0. The maximum atomic E-state index is 2.22. The number of hydrogen-bond donors (Lipinski definition) is 1. The van der Waals surface area contributed by atoms with Crippen molar-refractivity contribution in [3.8, 4) is 0 Å². The van der Waals surface area contributed by atoms with Gasteiger partial charge in [-0.2, -0.15) is 0 Å². The zero-order chi connectivity index (χ0) is 7.70. The Morgan fingerprint density at radius 2 is 1.00 bits per heavy atom. The van der Waals surface area contributed by atoms with Crippen LogP contribution in [0.1, 0.15) is 34.6 Å². The van der Waals surface area contributed by atoms with Gasteiger partial charge in [0.25, 0.3) is 0 Å². The smallest absolute Gasteiger partial charge is 0.0742 e. The number of nitrogens with one attached hydrogen (secondary N) is 1. The Morgan fingerprint density at radius 3 is 1.00 bits per heavy atom. The van der Waals surface area contributed by atoms with E-state index in [-0.39, 0.29) is 0 Å². The molecule has 0 rings (SSSR count). The van der Waals surface area contributed by atoms with Crippen molar-refractivity contribution in [2.75, 3.05) is 19.6 Å². The highest BCUT2D eigenvalue weighted by atomic mass is 15.1. The molecule has 0 aromatic rings. The molecule has 0 aliphatic heterocycles. The van der Waals surface area contributed by atoms with Crippen LogP contribution in [-0.2, 0) is 0 Å². The van der Waals surface area contributed by atoms with Crippen LogP contribution in [0.2, 0.25) is 0 Å². The highest BCUT2D eigenvalue weighted by Gasteiger charge is 1.92. The molecular weight excluding hydrogens is 110 g/mol. The van der Waals surface area contributed by atoms with Gasteiger partial charge in [-0.25, -0.2) is 0 Å². The monoisotopic (exact) mass is 132 g/mol. The maximum absolute atomic E-state index is 2.22. The minimum atomic E-state index is 1.27. The average Bonchev–Trinajstić information content (AvgIpc) is 1.96. The van der Waals surface area contributed by atoms with Crippen molar-refractivity contribution in [3.05, 3.63) is 0 Å². The maximum Gasteiger partial charge on any atom is 0.0742 e. The van der Waals surface area contributed by atoms with Gasteiger partial charge in [0.1, 0.15) is 0 Å². The molecule has 0 saturated heterocycles. The second kappa shape index (κ2) is 10.9. The molecule has 0 bridgehead atoms. The molecule has 0 amide bonds. The van der Waals surface area contributed by atoms with Gasteiger partial charge >= 0.3 is 0 Å². The first-order valence-electron chi connectivity index (χ1n) is 4.18. The Balaban J connectivity index is 0. The quantitative estimate of drug-likeness (QED) is 0.583. The molecule has 0 fully saturated rings. The number of hydrogen-bond acceptors (Lipinski definition) is 0. The summed E-state index contributed by atoms with van der Waals surface area (Å²) in [6.07, 6.45) is 0. The van der Waals surface area contributed by atoms with Gasteiger partial charge in [0.15, 0.2) is 0 Å². The van der Waals surface area contributed by atoms with E-state index >= 15 is 0 Å². The van der Waals surface area contributed by atoms with Gasteiger partial charge in [-0.05, 0) is 20.8 Å². The fourth-order valence-corrected chi connectivity index (χ4v) is 0.750. The van der Waals surface area contributed by atoms with E-state index in [0.717, 1.165) is 0 Å². The first-order chi connectivity index (χ1) is 4.35. The van der Waals surface area contributed by atoms with Crippen molar-refractivity contribution in [1.29, 1.82) is 0 Å². The van der Waals surface area contributed by atoms with Crippen molar-refractivity contribution in [2.45, 2.75) is 34.6 Å². The fourth-order valence-electron chi connectivity index (χ4n) is 0.750. The molecule has 1 heteroatoms. The third-order valence-electron chi connectivity index (χ3n) is 1.50. The topological polar surface area (TPSA) is 4.44 Å². The van der Waals surface area contributed by atoms with Crippen molar-refractivity contribution in [2.24, 2.45) is 0 Å². The van der Waals surface area contributed by atoms with Crippen molar-refractivity contribution in [1.82, 2.24) is 0 Å². The van der Waals surface area contributed by atoms with E-state index in [1.165, 1.54) is 19.6 Å². The van der Waals surface area contributed by atoms with Crippen LogP contribution in [0, 0.1) is 0 Å². The first-order valence-corrected chi connectivity index (χ1v) is 4.18. The standard InChI is InChI=1S/C6H15N.C2H6/c1-4-7(5-2)6-3;1-2/h4-6H2,1-3H3;1-2H3/p+1. The Labute approximate surface area is 60.1 Å². The molecule has 0 aromatic heterocycles. The molecule has 9 heavy (non-hydrogen) atoms. The SMILES string of the molecule is CC.CC[NH+](CC)CC. The minimum Gasteiger partial charge on any atom is -0.336 e. The van der Waals surface area contributed by atoms with Gasteiger partial charge in [-0.3, -0.25) is 0 Å². The summed E-state index contributed by atoms with van der Waals surface area (Å²) in [7, 11) is 0. The van der Waals surface area contributed by atoms with Crippen molar-refractivity contribution < 1.29 is 4.90 Å². The molecule has 0 radical (unpaired) electrons. The molecule has 0 saturated carbocycles. The summed E-state index contributed by atoms with van der Waals surface area (Å²) >= 11 is 0. The summed E-state index contributed by atoms with van der Waals surface area (Å²) in [6, 6.07) is 0. The largest absolute Gasteiger partial charge is 0.336 e. The van der Waals surface area contributed by atoms with Gasteiger partial charge < -0.3 is 4.90 Å². The molecule has 0 atom stereocenters. The second-order valence-electron chi connectivity index (χ2n) is 1.81. The van der Waals surface area contributed by atoms with E-state index in [9.17, 15) is 0 Å². The first kappa shape index (κ1) is 11.7. The van der Waals surface area contributed by atoms with E-state index in [2.05, 4.69) is 20.8 Å². The van der Waals surface area contributed by atoms with Gasteiger partial charge in [-0.1, -0.05) is 13.8 Å². The molecule has 0 aliphatic rings. The van der Waals surface area contributed by atoms with E-state index < -0.39 is 0 Å². The third kappa shape index (κ3) is 7.96. The molecule has 0 aromatic carbocycles. The molecule has 0 spiro atoms. The number of rotatable bonds is 3. The predicted octanol–water partition coefficient (Wildman–Crippen LogP) is 0.957. The molecule has 58 valence electrons. The van der Waals surface area contributed by atoms with Crippen molar-refractivity contribution in [3.63, 3.8) is 0 Å². The van der Waals surface area contributed by atoms with Gasteiger partial charge in [0, 0.05) is 0 Å². The minimum absolute atomic E-state index is 1.27. The predicted molar refractivity (Wildman–Crippen MR) is 43.9 cm³/mol. The van der Waals surface area contributed by atoms with Crippen LogP contribution in [-0.4, -0.2) is 19.6 Å². The normalized spacial score (nSPS) is 8.67. The molecule has 1 N–H and O–H groups in total. The lowest BCUT2D eigenvalue weighted by molar-refractivity contribution is -0.894. The highest BCUT2D eigenvalue weighted by Crippen LogP contribution is 1.45. The van der Waals surface area contributed by atoms with Crippen LogP contribution < -0.4 is 4.90 Å². The Kier molecular flexibility index (Phi) is 14.1. The summed E-state index contributed by atoms with van der Waals surface area (Å²) in [4.78, 5) is 1.68. The van der Waals surface area contributed by atoms with Crippen LogP contribution in [0.25, 0.3) is 0 Å². The lowest BCUT2D eigenvalue weighted by Crippen LogP contribution is -3.11. The fraction of sp³-hybridized carbons (Fsp3) is 1.00. The Morgan fingerprint density at radius 1 is 0.778 bits per heavy atom. The van der Waals surface area contributed by atoms with Crippen LogP contribution >= 0.6 is 0 Å². The molecule has 0 aliphatic carbocycles. The molecule has 0 heterocycles. The van der Waals surface area contributed by atoms with Crippen molar-refractivity contribution >= 4 is 0 Å². The van der Waals surface area contributed by atoms with E-state index in [4.69, 9.17) is 0 Å². The zero-order valence-corrected chi connectivity index (χ0v) is 7.62. The average molecular weight is 132 g/mol. The lowest BCUT2D eigenvalue weighted by Gasteiger charge is -2.10. The summed E-state index contributed by atoms with van der Waals surface area (Å²) in [6.45, 7) is 14.5. The van der Waals surface area contributed by atoms with Crippen LogP contribution in [0.4, 0.5) is 0 Å². The lowest BCUT2D eigenvalue weighted by atomic mass is 10.5. The summed E-state index contributed by atoms with van der Waals surface area (Å²) in [5.41, 5.74) is 0. The van der Waals surface area contributed by atoms with Crippen LogP contribution in [0.15, 0.2) is 0 Å².